The highest BCUT2D eigenvalue weighted by atomic mass is 16.6. The molecule has 0 aromatic heterocycles. The quantitative estimate of drug-likeness (QED) is 0.764. The first-order valence-corrected chi connectivity index (χ1v) is 11.2. The van der Waals surface area contributed by atoms with Gasteiger partial charge in [0.05, 0.1) is 6.61 Å². The van der Waals surface area contributed by atoms with Crippen LogP contribution in [0.5, 0.6) is 0 Å². The van der Waals surface area contributed by atoms with Gasteiger partial charge in [0.2, 0.25) is 0 Å². The molecule has 5 nitrogen and oxygen atoms in total. The SMILES string of the molecule is CCOC(=O)N1C2CCC1CC(N1CCC(N(CC)c3ccccc3)CC1)C2. The van der Waals surface area contributed by atoms with E-state index in [4.69, 9.17) is 4.74 Å². The van der Waals surface area contributed by atoms with Gasteiger partial charge in [0.25, 0.3) is 0 Å². The maximum Gasteiger partial charge on any atom is 0.410 e. The summed E-state index contributed by atoms with van der Waals surface area (Å²) in [5.74, 6) is 0. The van der Waals surface area contributed by atoms with Crippen molar-refractivity contribution in [1.82, 2.24) is 9.80 Å². The first-order valence-electron chi connectivity index (χ1n) is 11.2. The fourth-order valence-electron chi connectivity index (χ4n) is 5.78. The van der Waals surface area contributed by atoms with Crippen LogP contribution in [-0.4, -0.2) is 66.3 Å². The van der Waals surface area contributed by atoms with E-state index in [1.54, 1.807) is 0 Å². The smallest absolute Gasteiger partial charge is 0.410 e. The standard InChI is InChI=1S/C23H35N3O2/c1-3-25(18-8-6-5-7-9-18)19-12-14-24(15-13-19)22-16-20-10-11-21(17-22)26(20)23(27)28-4-2/h5-9,19-22H,3-4,10-17H2,1-2H3. The van der Waals surface area contributed by atoms with Crippen molar-refractivity contribution < 1.29 is 9.53 Å². The average Bonchev–Trinajstić information content (AvgIpc) is 3.00. The molecule has 28 heavy (non-hydrogen) atoms. The summed E-state index contributed by atoms with van der Waals surface area (Å²) in [6.07, 6.45) is 6.91. The van der Waals surface area contributed by atoms with Gasteiger partial charge < -0.3 is 19.4 Å². The number of nitrogens with zero attached hydrogens (tertiary/aromatic N) is 3. The Balaban J connectivity index is 1.33. The van der Waals surface area contributed by atoms with Gasteiger partial charge in [-0.3, -0.25) is 0 Å². The monoisotopic (exact) mass is 385 g/mol. The first kappa shape index (κ1) is 19.6. The Hall–Kier alpha value is -1.75. The number of carbonyl (C=O) groups is 1. The number of anilines is 1. The molecule has 3 aliphatic heterocycles. The molecule has 0 radical (unpaired) electrons. The van der Waals surface area contributed by atoms with Gasteiger partial charge in [-0.2, -0.15) is 0 Å². The molecule has 0 spiro atoms. The van der Waals surface area contributed by atoms with Crippen LogP contribution in [0.1, 0.15) is 52.4 Å². The van der Waals surface area contributed by atoms with E-state index in [1.165, 1.54) is 31.6 Å². The van der Waals surface area contributed by atoms with E-state index in [-0.39, 0.29) is 6.09 Å². The normalized spacial score (nSPS) is 28.4. The van der Waals surface area contributed by atoms with Crippen molar-refractivity contribution >= 4 is 11.8 Å². The number of likely N-dealkylation sites (tertiary alicyclic amines) is 1. The lowest BCUT2D eigenvalue weighted by molar-refractivity contribution is 0.0341. The van der Waals surface area contributed by atoms with Crippen LogP contribution in [0.15, 0.2) is 30.3 Å². The Kier molecular flexibility index (Phi) is 6.10. The number of fused-ring (bicyclic) bond motifs is 2. The fraction of sp³-hybridized carbons (Fsp3) is 0.696. The van der Waals surface area contributed by atoms with Gasteiger partial charge in [0.15, 0.2) is 0 Å². The van der Waals surface area contributed by atoms with Crippen LogP contribution in [0.25, 0.3) is 0 Å². The summed E-state index contributed by atoms with van der Waals surface area (Å²) >= 11 is 0. The predicted octanol–water partition coefficient (Wildman–Crippen LogP) is 4.13. The van der Waals surface area contributed by atoms with Crippen molar-refractivity contribution in [1.29, 1.82) is 0 Å². The predicted molar refractivity (Wildman–Crippen MR) is 113 cm³/mol. The highest BCUT2D eigenvalue weighted by Crippen LogP contribution is 2.39. The number of benzene rings is 1. The number of carbonyl (C=O) groups excluding carboxylic acids is 1. The molecule has 4 rings (SSSR count). The minimum atomic E-state index is -0.0893. The summed E-state index contributed by atoms with van der Waals surface area (Å²) in [5.41, 5.74) is 1.35. The molecule has 0 N–H and O–H groups in total. The van der Waals surface area contributed by atoms with Gasteiger partial charge in [0, 0.05) is 49.5 Å². The summed E-state index contributed by atoms with van der Waals surface area (Å²) in [6.45, 7) is 8.06. The molecule has 5 heteroatoms. The van der Waals surface area contributed by atoms with Gasteiger partial charge in [0.1, 0.15) is 0 Å². The van der Waals surface area contributed by atoms with Crippen LogP contribution in [0.3, 0.4) is 0 Å². The number of amides is 1. The Morgan fingerprint density at radius 3 is 2.21 bits per heavy atom. The molecular formula is C23H35N3O2. The lowest BCUT2D eigenvalue weighted by Crippen LogP contribution is -2.55. The van der Waals surface area contributed by atoms with Crippen LogP contribution >= 0.6 is 0 Å². The van der Waals surface area contributed by atoms with Gasteiger partial charge in [-0.1, -0.05) is 18.2 Å². The van der Waals surface area contributed by atoms with Crippen LogP contribution in [0.2, 0.25) is 0 Å². The number of hydrogen-bond donors (Lipinski definition) is 0. The third-order valence-corrected chi connectivity index (χ3v) is 7.07. The number of para-hydroxylation sites is 1. The number of hydrogen-bond acceptors (Lipinski definition) is 4. The molecular weight excluding hydrogens is 350 g/mol. The van der Waals surface area contributed by atoms with Crippen molar-refractivity contribution in [2.24, 2.45) is 0 Å². The first-order chi connectivity index (χ1) is 13.7. The third kappa shape index (κ3) is 3.86. The van der Waals surface area contributed by atoms with Crippen molar-refractivity contribution in [3.63, 3.8) is 0 Å². The topological polar surface area (TPSA) is 36.0 Å². The molecule has 0 saturated carbocycles. The molecule has 2 unspecified atom stereocenters. The fourth-order valence-corrected chi connectivity index (χ4v) is 5.78. The lowest BCUT2D eigenvalue weighted by atomic mass is 9.93. The maximum atomic E-state index is 12.3. The summed E-state index contributed by atoms with van der Waals surface area (Å²) in [6, 6.07) is 12.9. The zero-order valence-electron chi connectivity index (χ0n) is 17.4. The summed E-state index contributed by atoms with van der Waals surface area (Å²) in [7, 11) is 0. The van der Waals surface area contributed by atoms with E-state index in [0.717, 1.165) is 32.2 Å². The largest absolute Gasteiger partial charge is 0.450 e. The summed E-state index contributed by atoms with van der Waals surface area (Å²) < 4.78 is 5.31. The van der Waals surface area contributed by atoms with Crippen LogP contribution in [0.4, 0.5) is 10.5 Å². The van der Waals surface area contributed by atoms with Crippen LogP contribution < -0.4 is 4.90 Å². The summed E-state index contributed by atoms with van der Waals surface area (Å²) in [4.78, 5) is 19.7. The maximum absolute atomic E-state index is 12.3. The molecule has 3 heterocycles. The van der Waals surface area contributed by atoms with E-state index in [2.05, 4.69) is 52.0 Å². The minimum Gasteiger partial charge on any atom is -0.450 e. The molecule has 1 aromatic rings. The second-order valence-corrected chi connectivity index (χ2v) is 8.51. The highest BCUT2D eigenvalue weighted by Gasteiger charge is 2.45. The molecule has 1 aromatic carbocycles. The van der Waals surface area contributed by atoms with E-state index in [9.17, 15) is 4.79 Å². The molecule has 2 atom stereocenters. The van der Waals surface area contributed by atoms with Crippen molar-refractivity contribution in [2.75, 3.05) is 31.1 Å². The molecule has 2 bridgehead atoms. The zero-order chi connectivity index (χ0) is 19.5. The van der Waals surface area contributed by atoms with E-state index < -0.39 is 0 Å². The van der Waals surface area contributed by atoms with Crippen molar-refractivity contribution in [3.05, 3.63) is 30.3 Å². The van der Waals surface area contributed by atoms with E-state index >= 15 is 0 Å². The van der Waals surface area contributed by atoms with Gasteiger partial charge >= 0.3 is 6.09 Å². The van der Waals surface area contributed by atoms with E-state index in [0.29, 0.717) is 30.8 Å². The van der Waals surface area contributed by atoms with Crippen molar-refractivity contribution in [3.8, 4) is 0 Å². The third-order valence-electron chi connectivity index (χ3n) is 7.07. The van der Waals surface area contributed by atoms with Crippen molar-refractivity contribution in [2.45, 2.75) is 76.5 Å². The minimum absolute atomic E-state index is 0.0893. The molecule has 3 saturated heterocycles. The Morgan fingerprint density at radius 2 is 1.64 bits per heavy atom. The van der Waals surface area contributed by atoms with Gasteiger partial charge in [-0.05, 0) is 64.5 Å². The highest BCUT2D eigenvalue weighted by molar-refractivity contribution is 5.69. The molecule has 3 fully saturated rings. The van der Waals surface area contributed by atoms with E-state index in [1.807, 2.05) is 6.92 Å². The van der Waals surface area contributed by atoms with Gasteiger partial charge in [-0.15, -0.1) is 0 Å². The molecule has 3 aliphatic rings. The van der Waals surface area contributed by atoms with Crippen LogP contribution in [0, 0.1) is 0 Å². The summed E-state index contributed by atoms with van der Waals surface area (Å²) in [5, 5.41) is 0. The number of piperidine rings is 2. The van der Waals surface area contributed by atoms with Gasteiger partial charge in [-0.25, -0.2) is 4.79 Å². The second-order valence-electron chi connectivity index (χ2n) is 8.51. The number of ether oxygens (including phenoxy) is 1. The Labute approximate surface area is 169 Å². The second kappa shape index (κ2) is 8.73. The average molecular weight is 386 g/mol. The Bertz CT molecular complexity index is 631. The molecule has 0 aliphatic carbocycles. The molecule has 1 amide bonds. The Morgan fingerprint density at radius 1 is 1.00 bits per heavy atom. The molecule has 154 valence electrons. The number of rotatable bonds is 5. The zero-order valence-corrected chi connectivity index (χ0v) is 17.4. The van der Waals surface area contributed by atoms with Crippen LogP contribution in [-0.2, 0) is 4.74 Å². The lowest BCUT2D eigenvalue weighted by Gasteiger charge is -2.46.